The number of hydrogen-bond acceptors (Lipinski definition) is 1. The molecule has 0 atom stereocenters. The second-order valence-electron chi connectivity index (χ2n) is 6.98. The molecule has 6 rings (SSSR count). The number of aromatic nitrogens is 2. The average Bonchev–Trinajstić information content (AvgIpc) is 3.10. The van der Waals surface area contributed by atoms with Gasteiger partial charge >= 0.3 is 0 Å². The van der Waals surface area contributed by atoms with Gasteiger partial charge in [-0.25, -0.2) is 0 Å². The number of hydrogen-bond donors (Lipinski definition) is 0. The summed E-state index contributed by atoms with van der Waals surface area (Å²) in [6.07, 6.45) is 2.25. The van der Waals surface area contributed by atoms with Gasteiger partial charge in [0, 0.05) is 32.8 Å². The second kappa shape index (κ2) is 4.50. The van der Waals surface area contributed by atoms with Crippen LogP contribution in [0.1, 0.15) is 11.3 Å². The van der Waals surface area contributed by atoms with Crippen molar-refractivity contribution in [3.05, 3.63) is 66.0 Å². The van der Waals surface area contributed by atoms with Gasteiger partial charge in [-0.2, -0.15) is 4.57 Å². The molecule has 0 saturated carbocycles. The van der Waals surface area contributed by atoms with Crippen LogP contribution in [0.5, 0.6) is 0 Å². The Morgan fingerprint density at radius 3 is 2.68 bits per heavy atom. The Hall–Kier alpha value is -2.65. The van der Waals surface area contributed by atoms with Gasteiger partial charge in [-0.1, -0.05) is 36.4 Å². The van der Waals surface area contributed by atoms with E-state index in [-0.39, 0.29) is 0 Å². The molecule has 4 heterocycles. The van der Waals surface area contributed by atoms with E-state index in [0.717, 1.165) is 6.67 Å². The Kier molecular flexibility index (Phi) is 2.45. The van der Waals surface area contributed by atoms with E-state index in [4.69, 9.17) is 0 Å². The highest BCUT2D eigenvalue weighted by Crippen LogP contribution is 2.44. The van der Waals surface area contributed by atoms with Crippen molar-refractivity contribution in [3.63, 3.8) is 0 Å². The lowest BCUT2D eigenvalue weighted by Gasteiger charge is -2.07. The van der Waals surface area contributed by atoms with Gasteiger partial charge in [-0.3, -0.25) is 4.57 Å². The van der Waals surface area contributed by atoms with Crippen LogP contribution in [0.3, 0.4) is 0 Å². The minimum atomic E-state index is 0.868. The highest BCUT2D eigenvalue weighted by atomic mass is 32.1. The first kappa shape index (κ1) is 13.6. The van der Waals surface area contributed by atoms with Crippen molar-refractivity contribution in [2.45, 2.75) is 20.5 Å². The lowest BCUT2D eigenvalue weighted by Crippen LogP contribution is -2.37. The quantitative estimate of drug-likeness (QED) is 0.327. The summed E-state index contributed by atoms with van der Waals surface area (Å²) in [4.78, 5) is 0. The summed E-state index contributed by atoms with van der Waals surface area (Å²) < 4.78 is 7.70. The fraction of sp³-hybridized carbons (Fsp3) is 0.136. The number of benzene rings is 2. The molecule has 120 valence electrons. The summed E-state index contributed by atoms with van der Waals surface area (Å²) in [5, 5.41) is 4.13. The van der Waals surface area contributed by atoms with Gasteiger partial charge in [0.25, 0.3) is 0 Å². The van der Waals surface area contributed by atoms with Crippen molar-refractivity contribution in [1.82, 2.24) is 4.57 Å². The van der Waals surface area contributed by atoms with Crippen molar-refractivity contribution < 1.29 is 4.57 Å². The summed E-state index contributed by atoms with van der Waals surface area (Å²) >= 11 is 1.92. The van der Waals surface area contributed by atoms with Gasteiger partial charge < -0.3 is 0 Å². The lowest BCUT2D eigenvalue weighted by atomic mass is 10.0. The molecular weight excluding hydrogens is 324 g/mol. The maximum atomic E-state index is 2.48. The topological polar surface area (TPSA) is 8.81 Å². The molecule has 5 aromatic rings. The zero-order chi connectivity index (χ0) is 16.7. The van der Waals surface area contributed by atoms with Crippen LogP contribution >= 0.6 is 11.3 Å². The average molecular weight is 341 g/mol. The van der Waals surface area contributed by atoms with E-state index in [9.17, 15) is 0 Å². The lowest BCUT2D eigenvalue weighted by molar-refractivity contribution is -0.674. The van der Waals surface area contributed by atoms with Gasteiger partial charge in [0.1, 0.15) is 4.70 Å². The van der Waals surface area contributed by atoms with Gasteiger partial charge in [0.15, 0.2) is 6.20 Å². The Labute approximate surface area is 149 Å². The molecule has 2 nitrogen and oxygen atoms in total. The van der Waals surface area contributed by atoms with E-state index in [1.807, 2.05) is 11.3 Å². The molecule has 0 N–H and O–H groups in total. The fourth-order valence-electron chi connectivity index (χ4n) is 4.42. The van der Waals surface area contributed by atoms with Crippen molar-refractivity contribution >= 4 is 42.4 Å². The molecule has 3 heteroatoms. The summed E-state index contributed by atoms with van der Waals surface area (Å²) in [7, 11) is 0. The summed E-state index contributed by atoms with van der Waals surface area (Å²) in [5.74, 6) is 0. The monoisotopic (exact) mass is 341 g/mol. The molecule has 1 aliphatic heterocycles. The fourth-order valence-corrected chi connectivity index (χ4v) is 5.64. The second-order valence-corrected chi connectivity index (χ2v) is 8.03. The zero-order valence-electron chi connectivity index (χ0n) is 14.2. The van der Waals surface area contributed by atoms with E-state index >= 15 is 0 Å². The number of nitrogens with zero attached hydrogens (tertiary/aromatic N) is 2. The Balaban J connectivity index is 1.93. The standard InChI is InChI=1S/C22H17N2S/c1-13-10-11-23-12-24-14(2)15-6-3-4-7-16(15)20(24)17-8-5-9-18-19(17)21(23)22(13)25-18/h3-11H,12H2,1-2H3/q+1. The van der Waals surface area contributed by atoms with Crippen molar-refractivity contribution in [2.24, 2.45) is 0 Å². The van der Waals surface area contributed by atoms with Crippen LogP contribution in [0.2, 0.25) is 0 Å². The van der Waals surface area contributed by atoms with Crippen LogP contribution in [-0.4, -0.2) is 4.57 Å². The molecule has 2 aromatic carbocycles. The molecule has 0 aliphatic carbocycles. The molecule has 25 heavy (non-hydrogen) atoms. The SMILES string of the molecule is Cc1cc[n+]2c3c1sc1cccc(c13)-c1c3ccccc3c(C)n1C2. The smallest absolute Gasteiger partial charge is 0.233 e. The summed E-state index contributed by atoms with van der Waals surface area (Å²) in [5.41, 5.74) is 6.83. The number of thiophene rings is 1. The zero-order valence-corrected chi connectivity index (χ0v) is 15.0. The molecule has 0 radical (unpaired) electrons. The van der Waals surface area contributed by atoms with Crippen molar-refractivity contribution in [2.75, 3.05) is 0 Å². The number of aryl methyl sites for hydroxylation is 2. The third kappa shape index (κ3) is 1.57. The van der Waals surface area contributed by atoms with Crippen LogP contribution < -0.4 is 4.57 Å². The predicted octanol–water partition coefficient (Wildman–Crippen LogP) is 5.40. The molecule has 1 aliphatic rings. The van der Waals surface area contributed by atoms with Gasteiger partial charge in [-0.05, 0) is 25.5 Å². The van der Waals surface area contributed by atoms with Crippen LogP contribution in [-0.2, 0) is 6.67 Å². The minimum Gasteiger partial charge on any atom is -0.288 e. The first-order valence-corrected chi connectivity index (χ1v) is 9.48. The Bertz CT molecular complexity index is 1340. The molecular formula is C22H17N2S+. The third-order valence-electron chi connectivity index (χ3n) is 5.64. The highest BCUT2D eigenvalue weighted by molar-refractivity contribution is 7.26. The molecule has 0 unspecified atom stereocenters. The molecule has 0 fully saturated rings. The highest BCUT2D eigenvalue weighted by Gasteiger charge is 2.28. The van der Waals surface area contributed by atoms with Crippen LogP contribution in [0.4, 0.5) is 0 Å². The number of pyridine rings is 1. The number of fused-ring (bicyclic) bond motifs is 4. The normalized spacial score (nSPS) is 13.0. The van der Waals surface area contributed by atoms with E-state index in [0.29, 0.717) is 0 Å². The predicted molar refractivity (Wildman–Crippen MR) is 105 cm³/mol. The minimum absolute atomic E-state index is 0.868. The first-order valence-electron chi connectivity index (χ1n) is 8.66. The third-order valence-corrected chi connectivity index (χ3v) is 6.92. The molecule has 0 amide bonds. The van der Waals surface area contributed by atoms with Gasteiger partial charge in [-0.15, -0.1) is 11.3 Å². The van der Waals surface area contributed by atoms with E-state index in [1.165, 1.54) is 53.6 Å². The van der Waals surface area contributed by atoms with Crippen molar-refractivity contribution in [1.29, 1.82) is 0 Å². The Morgan fingerprint density at radius 2 is 1.80 bits per heavy atom. The van der Waals surface area contributed by atoms with E-state index < -0.39 is 0 Å². The molecule has 3 aromatic heterocycles. The van der Waals surface area contributed by atoms with Crippen LogP contribution in [0.15, 0.2) is 54.7 Å². The maximum Gasteiger partial charge on any atom is 0.233 e. The molecule has 0 bridgehead atoms. The van der Waals surface area contributed by atoms with E-state index in [2.05, 4.69) is 77.7 Å². The maximum absolute atomic E-state index is 2.48. The van der Waals surface area contributed by atoms with Crippen molar-refractivity contribution in [3.8, 4) is 11.3 Å². The molecule has 0 saturated heterocycles. The van der Waals surface area contributed by atoms with Gasteiger partial charge in [0.05, 0.1) is 11.1 Å². The molecule has 0 spiro atoms. The number of rotatable bonds is 0. The van der Waals surface area contributed by atoms with Gasteiger partial charge in [0.2, 0.25) is 12.2 Å². The first-order chi connectivity index (χ1) is 12.2. The van der Waals surface area contributed by atoms with Crippen LogP contribution in [0, 0.1) is 13.8 Å². The van der Waals surface area contributed by atoms with E-state index in [1.54, 1.807) is 0 Å². The van der Waals surface area contributed by atoms with Crippen LogP contribution in [0.25, 0.3) is 42.3 Å². The Morgan fingerprint density at radius 1 is 0.960 bits per heavy atom. The largest absolute Gasteiger partial charge is 0.288 e. The summed E-state index contributed by atoms with van der Waals surface area (Å²) in [6.45, 7) is 5.34. The summed E-state index contributed by atoms with van der Waals surface area (Å²) in [6, 6.07) is 17.8.